The SMILES string of the molecule is CNC(=O)OCCOc1ccc(Cl)cc1Cl. The van der Waals surface area contributed by atoms with Crippen molar-refractivity contribution in [1.82, 2.24) is 5.32 Å². The van der Waals surface area contributed by atoms with Gasteiger partial charge >= 0.3 is 6.09 Å². The topological polar surface area (TPSA) is 47.6 Å². The smallest absolute Gasteiger partial charge is 0.406 e. The Labute approximate surface area is 103 Å². The molecule has 6 heteroatoms. The van der Waals surface area contributed by atoms with Gasteiger partial charge in [0.2, 0.25) is 0 Å². The van der Waals surface area contributed by atoms with Crippen LogP contribution in [0.15, 0.2) is 18.2 Å². The molecule has 1 amide bonds. The largest absolute Gasteiger partial charge is 0.488 e. The summed E-state index contributed by atoms with van der Waals surface area (Å²) in [6.07, 6.45) is -0.495. The van der Waals surface area contributed by atoms with Gasteiger partial charge in [0.05, 0.1) is 5.02 Å². The molecule has 0 radical (unpaired) electrons. The van der Waals surface area contributed by atoms with Gasteiger partial charge in [-0.05, 0) is 18.2 Å². The number of ether oxygens (including phenoxy) is 2. The van der Waals surface area contributed by atoms with Gasteiger partial charge in [-0.2, -0.15) is 0 Å². The third kappa shape index (κ3) is 4.16. The molecule has 0 atom stereocenters. The highest BCUT2D eigenvalue weighted by atomic mass is 35.5. The normalized spacial score (nSPS) is 9.69. The van der Waals surface area contributed by atoms with Crippen LogP contribution in [0, 0.1) is 0 Å². The number of nitrogens with one attached hydrogen (secondary N) is 1. The molecule has 0 aliphatic carbocycles. The third-order valence-corrected chi connectivity index (χ3v) is 2.20. The van der Waals surface area contributed by atoms with Gasteiger partial charge in [0.25, 0.3) is 0 Å². The van der Waals surface area contributed by atoms with Crippen LogP contribution in [-0.2, 0) is 4.74 Å². The van der Waals surface area contributed by atoms with E-state index in [1.807, 2.05) is 0 Å². The minimum Gasteiger partial charge on any atom is -0.488 e. The summed E-state index contributed by atoms with van der Waals surface area (Å²) < 4.78 is 10.0. The number of rotatable bonds is 4. The summed E-state index contributed by atoms with van der Waals surface area (Å²) in [7, 11) is 1.49. The molecule has 4 nitrogen and oxygen atoms in total. The van der Waals surface area contributed by atoms with Gasteiger partial charge in [0.15, 0.2) is 0 Å². The highest BCUT2D eigenvalue weighted by Crippen LogP contribution is 2.27. The van der Waals surface area contributed by atoms with Crippen molar-refractivity contribution in [2.24, 2.45) is 0 Å². The summed E-state index contributed by atoms with van der Waals surface area (Å²) >= 11 is 11.6. The quantitative estimate of drug-likeness (QED) is 0.850. The Morgan fingerprint density at radius 3 is 2.75 bits per heavy atom. The first-order valence-electron chi connectivity index (χ1n) is 4.56. The van der Waals surface area contributed by atoms with E-state index in [1.165, 1.54) is 7.05 Å². The molecule has 1 aromatic carbocycles. The molecule has 0 spiro atoms. The molecule has 0 bridgehead atoms. The zero-order valence-corrected chi connectivity index (χ0v) is 10.1. The minimum absolute atomic E-state index is 0.151. The summed E-state index contributed by atoms with van der Waals surface area (Å²) in [6.45, 7) is 0.382. The average molecular weight is 264 g/mol. The Morgan fingerprint density at radius 1 is 1.38 bits per heavy atom. The van der Waals surface area contributed by atoms with E-state index in [4.69, 9.17) is 32.7 Å². The second kappa shape index (κ2) is 6.45. The first kappa shape index (κ1) is 12.9. The molecule has 1 N–H and O–H groups in total. The summed E-state index contributed by atoms with van der Waals surface area (Å²) in [6, 6.07) is 4.91. The lowest BCUT2D eigenvalue weighted by atomic mass is 10.3. The van der Waals surface area contributed by atoms with E-state index in [9.17, 15) is 4.79 Å². The van der Waals surface area contributed by atoms with Crippen molar-refractivity contribution in [2.45, 2.75) is 0 Å². The van der Waals surface area contributed by atoms with Crippen molar-refractivity contribution in [1.29, 1.82) is 0 Å². The number of alkyl carbamates (subject to hydrolysis) is 1. The third-order valence-electron chi connectivity index (χ3n) is 1.67. The van der Waals surface area contributed by atoms with Gasteiger partial charge in [-0.3, -0.25) is 0 Å². The number of carbonyl (C=O) groups excluding carboxylic acids is 1. The van der Waals surface area contributed by atoms with Crippen LogP contribution < -0.4 is 10.1 Å². The maximum absolute atomic E-state index is 10.7. The van der Waals surface area contributed by atoms with Crippen LogP contribution in [0.4, 0.5) is 4.79 Å². The summed E-state index contributed by atoms with van der Waals surface area (Å²) in [5.41, 5.74) is 0. The number of halogens is 2. The van der Waals surface area contributed by atoms with Gasteiger partial charge in [0.1, 0.15) is 19.0 Å². The Bertz CT molecular complexity index is 371. The van der Waals surface area contributed by atoms with Gasteiger partial charge < -0.3 is 14.8 Å². The molecule has 16 heavy (non-hydrogen) atoms. The van der Waals surface area contributed by atoms with E-state index in [-0.39, 0.29) is 13.2 Å². The molecule has 0 unspecified atom stereocenters. The molecule has 0 saturated heterocycles. The van der Waals surface area contributed by atoms with Gasteiger partial charge in [0, 0.05) is 12.1 Å². The van der Waals surface area contributed by atoms with Gasteiger partial charge in [-0.15, -0.1) is 0 Å². The monoisotopic (exact) mass is 263 g/mol. The molecule has 0 aliphatic rings. The number of hydrogen-bond acceptors (Lipinski definition) is 3. The fourth-order valence-corrected chi connectivity index (χ4v) is 1.41. The van der Waals surface area contributed by atoms with Crippen LogP contribution in [0.5, 0.6) is 5.75 Å². The molecule has 1 aromatic rings. The fraction of sp³-hybridized carbons (Fsp3) is 0.300. The van der Waals surface area contributed by atoms with Crippen molar-refractivity contribution in [2.75, 3.05) is 20.3 Å². The first-order chi connectivity index (χ1) is 7.63. The van der Waals surface area contributed by atoms with Gasteiger partial charge in [-0.1, -0.05) is 23.2 Å². The highest BCUT2D eigenvalue weighted by Gasteiger charge is 2.03. The Kier molecular flexibility index (Phi) is 5.22. The van der Waals surface area contributed by atoms with E-state index >= 15 is 0 Å². The predicted octanol–water partition coefficient (Wildman–Crippen LogP) is 2.73. The molecule has 0 fully saturated rings. The standard InChI is InChI=1S/C10H11Cl2NO3/c1-13-10(14)16-5-4-15-9-3-2-7(11)6-8(9)12/h2-3,6H,4-5H2,1H3,(H,13,14). The van der Waals surface area contributed by atoms with Crippen molar-refractivity contribution >= 4 is 29.3 Å². The molecule has 0 aliphatic heterocycles. The first-order valence-corrected chi connectivity index (χ1v) is 5.31. The lowest BCUT2D eigenvalue weighted by molar-refractivity contribution is 0.127. The lowest BCUT2D eigenvalue weighted by Crippen LogP contribution is -2.21. The number of carbonyl (C=O) groups is 1. The van der Waals surface area contributed by atoms with Crippen LogP contribution in [0.2, 0.25) is 10.0 Å². The molecule has 1 rings (SSSR count). The Hall–Kier alpha value is -1.13. The number of hydrogen-bond donors (Lipinski definition) is 1. The lowest BCUT2D eigenvalue weighted by Gasteiger charge is -2.08. The van der Waals surface area contributed by atoms with E-state index in [2.05, 4.69) is 5.32 Å². The number of amides is 1. The van der Waals surface area contributed by atoms with E-state index in [0.717, 1.165) is 0 Å². The molecular formula is C10H11Cl2NO3. The van der Waals surface area contributed by atoms with Crippen molar-refractivity contribution in [3.8, 4) is 5.75 Å². The van der Waals surface area contributed by atoms with E-state index in [1.54, 1.807) is 18.2 Å². The Morgan fingerprint density at radius 2 is 2.12 bits per heavy atom. The van der Waals surface area contributed by atoms with Crippen LogP contribution in [0.1, 0.15) is 0 Å². The second-order valence-corrected chi connectivity index (χ2v) is 3.65. The molecule has 0 saturated carbocycles. The van der Waals surface area contributed by atoms with Crippen molar-refractivity contribution < 1.29 is 14.3 Å². The minimum atomic E-state index is -0.495. The van der Waals surface area contributed by atoms with Crippen LogP contribution >= 0.6 is 23.2 Å². The second-order valence-electron chi connectivity index (χ2n) is 2.81. The highest BCUT2D eigenvalue weighted by molar-refractivity contribution is 6.35. The van der Waals surface area contributed by atoms with Crippen LogP contribution in [0.3, 0.4) is 0 Å². The fourth-order valence-electron chi connectivity index (χ4n) is 0.950. The average Bonchev–Trinajstić information content (AvgIpc) is 2.26. The van der Waals surface area contributed by atoms with E-state index in [0.29, 0.717) is 15.8 Å². The maximum Gasteiger partial charge on any atom is 0.406 e. The van der Waals surface area contributed by atoms with E-state index < -0.39 is 6.09 Å². The predicted molar refractivity (Wildman–Crippen MR) is 62.4 cm³/mol. The zero-order chi connectivity index (χ0) is 12.0. The molecular weight excluding hydrogens is 253 g/mol. The zero-order valence-electron chi connectivity index (χ0n) is 8.63. The van der Waals surface area contributed by atoms with Gasteiger partial charge in [-0.25, -0.2) is 4.79 Å². The summed E-state index contributed by atoms with van der Waals surface area (Å²) in [5.74, 6) is 0.506. The van der Waals surface area contributed by atoms with Crippen LogP contribution in [-0.4, -0.2) is 26.4 Å². The van der Waals surface area contributed by atoms with Crippen molar-refractivity contribution in [3.63, 3.8) is 0 Å². The van der Waals surface area contributed by atoms with Crippen LogP contribution in [0.25, 0.3) is 0 Å². The Balaban J connectivity index is 2.35. The van der Waals surface area contributed by atoms with Crippen molar-refractivity contribution in [3.05, 3.63) is 28.2 Å². The molecule has 0 aromatic heterocycles. The molecule has 88 valence electrons. The summed E-state index contributed by atoms with van der Waals surface area (Å²) in [5, 5.41) is 3.29. The number of benzene rings is 1. The maximum atomic E-state index is 10.7. The summed E-state index contributed by atoms with van der Waals surface area (Å²) in [4.78, 5) is 10.7. The molecule has 0 heterocycles.